The zero-order valence-corrected chi connectivity index (χ0v) is 8.03. The Kier molecular flexibility index (Phi) is 3.06. The number of nitrogens with two attached hydrogens (primary N) is 1. The van der Waals surface area contributed by atoms with Crippen LogP contribution in [0.25, 0.3) is 0 Å². The number of carbonyl (C=O) groups excluding carboxylic acids is 1. The third kappa shape index (κ3) is 2.08. The second-order valence-corrected chi connectivity index (χ2v) is 3.04. The first kappa shape index (κ1) is 9.77. The van der Waals surface area contributed by atoms with E-state index in [-0.39, 0.29) is 0 Å². The zero-order valence-electron chi connectivity index (χ0n) is 8.03. The Labute approximate surface area is 77.7 Å². The highest BCUT2D eigenvalue weighted by Gasteiger charge is 2.09. The molecule has 0 spiro atoms. The molecule has 4 heteroatoms. The van der Waals surface area contributed by atoms with Crippen molar-refractivity contribution in [3.63, 3.8) is 0 Å². The number of primary amides is 1. The van der Waals surface area contributed by atoms with Crippen LogP contribution in [0.4, 0.5) is 0 Å². The Bertz CT molecular complexity index is 289. The van der Waals surface area contributed by atoms with Gasteiger partial charge in [0.2, 0.25) is 0 Å². The summed E-state index contributed by atoms with van der Waals surface area (Å²) in [5.41, 5.74) is 5.60. The zero-order chi connectivity index (χ0) is 9.84. The summed E-state index contributed by atoms with van der Waals surface area (Å²) in [5, 5.41) is 4.10. The Hall–Kier alpha value is -1.32. The molecule has 0 unspecified atom stereocenters. The number of nitrogens with zero attached hydrogens (tertiary/aromatic N) is 2. The summed E-state index contributed by atoms with van der Waals surface area (Å²) in [4.78, 5) is 10.8. The molecule has 0 aliphatic heterocycles. The number of rotatable bonds is 4. The number of hydrogen-bond acceptors (Lipinski definition) is 2. The normalized spacial score (nSPS) is 10.7. The van der Waals surface area contributed by atoms with Crippen LogP contribution in [0.2, 0.25) is 0 Å². The van der Waals surface area contributed by atoms with Gasteiger partial charge >= 0.3 is 0 Å². The van der Waals surface area contributed by atoms with Gasteiger partial charge in [0.25, 0.3) is 5.91 Å². The molecule has 1 heterocycles. The maximum absolute atomic E-state index is 10.8. The monoisotopic (exact) mass is 181 g/mol. The Balaban J connectivity index is 2.84. The molecule has 1 aromatic heterocycles. The lowest BCUT2D eigenvalue weighted by Crippen LogP contribution is -2.10. The lowest BCUT2D eigenvalue weighted by molar-refractivity contribution is 0.1000. The molecule has 1 amide bonds. The summed E-state index contributed by atoms with van der Waals surface area (Å²) >= 11 is 0. The van der Waals surface area contributed by atoms with Gasteiger partial charge in [0.15, 0.2) is 0 Å². The first-order valence-corrected chi connectivity index (χ1v) is 4.53. The van der Waals surface area contributed by atoms with Crippen molar-refractivity contribution in [2.45, 2.75) is 32.7 Å². The van der Waals surface area contributed by atoms with Gasteiger partial charge in [-0.05, 0) is 12.8 Å². The van der Waals surface area contributed by atoms with Gasteiger partial charge in [-0.15, -0.1) is 0 Å². The smallest absolute Gasteiger partial charge is 0.251 e. The van der Waals surface area contributed by atoms with Crippen LogP contribution in [0, 0.1) is 0 Å². The topological polar surface area (TPSA) is 60.9 Å². The molecule has 0 bridgehead atoms. The highest BCUT2D eigenvalue weighted by molar-refractivity contribution is 5.92. The lowest BCUT2D eigenvalue weighted by Gasteiger charge is -2.11. The fourth-order valence-corrected chi connectivity index (χ4v) is 1.33. The van der Waals surface area contributed by atoms with Gasteiger partial charge in [-0.1, -0.05) is 13.8 Å². The van der Waals surface area contributed by atoms with Crippen LogP contribution in [0.1, 0.15) is 43.1 Å². The van der Waals surface area contributed by atoms with Crippen molar-refractivity contribution in [2.24, 2.45) is 5.73 Å². The predicted molar refractivity (Wildman–Crippen MR) is 50.4 cm³/mol. The molecule has 0 aliphatic rings. The average molecular weight is 181 g/mol. The molecule has 4 nitrogen and oxygen atoms in total. The van der Waals surface area contributed by atoms with E-state index in [0.717, 1.165) is 12.8 Å². The van der Waals surface area contributed by atoms with Gasteiger partial charge in [-0.2, -0.15) is 5.10 Å². The van der Waals surface area contributed by atoms with Gasteiger partial charge < -0.3 is 5.73 Å². The van der Waals surface area contributed by atoms with Crippen LogP contribution in [-0.4, -0.2) is 15.7 Å². The van der Waals surface area contributed by atoms with Gasteiger partial charge in [-0.3, -0.25) is 9.48 Å². The van der Waals surface area contributed by atoms with E-state index in [0.29, 0.717) is 11.6 Å². The Morgan fingerprint density at radius 2 is 2.23 bits per heavy atom. The van der Waals surface area contributed by atoms with E-state index in [4.69, 9.17) is 5.73 Å². The van der Waals surface area contributed by atoms with Crippen molar-refractivity contribution >= 4 is 5.91 Å². The molecule has 0 atom stereocenters. The summed E-state index contributed by atoms with van der Waals surface area (Å²) in [7, 11) is 0. The first-order valence-electron chi connectivity index (χ1n) is 4.53. The molecule has 13 heavy (non-hydrogen) atoms. The number of hydrogen-bond donors (Lipinski definition) is 1. The molecular formula is C9H15N3O. The summed E-state index contributed by atoms with van der Waals surface area (Å²) < 4.78 is 1.81. The summed E-state index contributed by atoms with van der Waals surface area (Å²) in [5.74, 6) is -0.419. The third-order valence-electron chi connectivity index (χ3n) is 2.20. The van der Waals surface area contributed by atoms with Crippen molar-refractivity contribution < 1.29 is 4.79 Å². The van der Waals surface area contributed by atoms with Crippen LogP contribution < -0.4 is 5.73 Å². The molecule has 2 N–H and O–H groups in total. The lowest BCUT2D eigenvalue weighted by atomic mass is 10.2. The molecule has 1 rings (SSSR count). The number of amides is 1. The second kappa shape index (κ2) is 4.07. The average Bonchev–Trinajstić information content (AvgIpc) is 2.56. The standard InChI is InChI=1S/C9H15N3O/c1-3-8(4-2)12-6-7(5-11-12)9(10)13/h5-6,8H,3-4H2,1-2H3,(H2,10,13). The molecule has 1 aromatic rings. The fourth-order valence-electron chi connectivity index (χ4n) is 1.33. The highest BCUT2D eigenvalue weighted by Crippen LogP contribution is 2.14. The van der Waals surface area contributed by atoms with E-state index >= 15 is 0 Å². The van der Waals surface area contributed by atoms with Crippen molar-refractivity contribution in [2.75, 3.05) is 0 Å². The molecular weight excluding hydrogens is 166 g/mol. The van der Waals surface area contributed by atoms with Gasteiger partial charge in [-0.25, -0.2) is 0 Å². The van der Waals surface area contributed by atoms with E-state index in [1.807, 2.05) is 0 Å². The molecule has 0 radical (unpaired) electrons. The molecule has 0 aliphatic carbocycles. The third-order valence-corrected chi connectivity index (χ3v) is 2.20. The van der Waals surface area contributed by atoms with Crippen molar-refractivity contribution in [3.8, 4) is 0 Å². The van der Waals surface area contributed by atoms with Gasteiger partial charge in [0, 0.05) is 6.20 Å². The SMILES string of the molecule is CCC(CC)n1cc(C(N)=O)cn1. The van der Waals surface area contributed by atoms with Crippen LogP contribution in [0.5, 0.6) is 0 Å². The van der Waals surface area contributed by atoms with Gasteiger partial charge in [0.05, 0.1) is 17.8 Å². The maximum atomic E-state index is 10.8. The molecule has 72 valence electrons. The number of aromatic nitrogens is 2. The van der Waals surface area contributed by atoms with Crippen molar-refractivity contribution in [1.82, 2.24) is 9.78 Å². The summed E-state index contributed by atoms with van der Waals surface area (Å²) in [6.45, 7) is 4.19. The van der Waals surface area contributed by atoms with Crippen LogP contribution >= 0.6 is 0 Å². The minimum absolute atomic E-state index is 0.369. The highest BCUT2D eigenvalue weighted by atomic mass is 16.1. The van der Waals surface area contributed by atoms with E-state index in [2.05, 4.69) is 18.9 Å². The second-order valence-electron chi connectivity index (χ2n) is 3.04. The van der Waals surface area contributed by atoms with Crippen LogP contribution in [0.3, 0.4) is 0 Å². The van der Waals surface area contributed by atoms with Crippen molar-refractivity contribution in [3.05, 3.63) is 18.0 Å². The Morgan fingerprint density at radius 3 is 2.62 bits per heavy atom. The maximum Gasteiger partial charge on any atom is 0.251 e. The molecule has 0 fully saturated rings. The quantitative estimate of drug-likeness (QED) is 0.762. The summed E-state index contributed by atoms with van der Waals surface area (Å²) in [6.07, 6.45) is 5.24. The van der Waals surface area contributed by atoms with E-state index in [9.17, 15) is 4.79 Å². The number of carbonyl (C=O) groups is 1. The Morgan fingerprint density at radius 1 is 1.62 bits per heavy atom. The minimum Gasteiger partial charge on any atom is -0.366 e. The fraction of sp³-hybridized carbons (Fsp3) is 0.556. The van der Waals surface area contributed by atoms with E-state index in [1.54, 1.807) is 10.9 Å². The largest absolute Gasteiger partial charge is 0.366 e. The molecule has 0 saturated carbocycles. The van der Waals surface area contributed by atoms with E-state index < -0.39 is 5.91 Å². The van der Waals surface area contributed by atoms with Crippen LogP contribution in [-0.2, 0) is 0 Å². The first-order chi connectivity index (χ1) is 6.19. The van der Waals surface area contributed by atoms with Crippen LogP contribution in [0.15, 0.2) is 12.4 Å². The predicted octanol–water partition coefficient (Wildman–Crippen LogP) is 1.34. The summed E-state index contributed by atoms with van der Waals surface area (Å²) in [6, 6.07) is 0.369. The van der Waals surface area contributed by atoms with E-state index in [1.165, 1.54) is 6.20 Å². The molecule has 0 aromatic carbocycles. The minimum atomic E-state index is -0.419. The van der Waals surface area contributed by atoms with Crippen molar-refractivity contribution in [1.29, 1.82) is 0 Å². The molecule has 0 saturated heterocycles. The van der Waals surface area contributed by atoms with Gasteiger partial charge in [0.1, 0.15) is 0 Å².